The van der Waals surface area contributed by atoms with Gasteiger partial charge >= 0.3 is 0 Å². The molecule has 0 aliphatic carbocycles. The van der Waals surface area contributed by atoms with E-state index in [0.717, 1.165) is 33.0 Å². The molecule has 0 bridgehead atoms. The van der Waals surface area contributed by atoms with Gasteiger partial charge in [0, 0.05) is 24.0 Å². The van der Waals surface area contributed by atoms with Crippen molar-refractivity contribution in [3.8, 4) is 0 Å². The Labute approximate surface area is 149 Å². The number of hydrogen-bond donors (Lipinski definition) is 1. The van der Waals surface area contributed by atoms with Crippen molar-refractivity contribution in [1.82, 2.24) is 24.7 Å². The van der Waals surface area contributed by atoms with E-state index in [1.165, 1.54) is 0 Å². The highest BCUT2D eigenvalue weighted by Crippen LogP contribution is 2.22. The second-order valence-corrected chi connectivity index (χ2v) is 5.98. The van der Waals surface area contributed by atoms with Crippen LogP contribution in [-0.2, 0) is 13.1 Å². The average Bonchev–Trinajstić information content (AvgIpc) is 3.06. The van der Waals surface area contributed by atoms with Crippen LogP contribution in [0.25, 0.3) is 11.0 Å². The maximum absolute atomic E-state index is 6.25. The van der Waals surface area contributed by atoms with Crippen LogP contribution >= 0.6 is 11.6 Å². The summed E-state index contributed by atoms with van der Waals surface area (Å²) in [4.78, 5) is 12.8. The Morgan fingerprint density at radius 2 is 1.96 bits per heavy atom. The third-order valence-electron chi connectivity index (χ3n) is 3.89. The lowest BCUT2D eigenvalue weighted by molar-refractivity contribution is 0.704. The fraction of sp³-hybridized carbons (Fsp3) is 0.111. The molecule has 0 aliphatic heterocycles. The zero-order chi connectivity index (χ0) is 17.1. The zero-order valence-corrected chi connectivity index (χ0v) is 14.1. The van der Waals surface area contributed by atoms with Crippen LogP contribution in [0.15, 0.2) is 61.3 Å². The molecule has 0 saturated heterocycles. The van der Waals surface area contributed by atoms with Crippen LogP contribution in [0.1, 0.15) is 11.1 Å². The summed E-state index contributed by atoms with van der Waals surface area (Å²) in [6, 6.07) is 11.7. The van der Waals surface area contributed by atoms with E-state index in [9.17, 15) is 0 Å². The molecule has 0 radical (unpaired) electrons. The first-order valence-electron chi connectivity index (χ1n) is 7.84. The van der Waals surface area contributed by atoms with E-state index in [1.54, 1.807) is 18.7 Å². The number of pyridine rings is 1. The van der Waals surface area contributed by atoms with Gasteiger partial charge in [-0.15, -0.1) is 0 Å². The molecule has 0 amide bonds. The molecule has 7 heteroatoms. The molecule has 0 unspecified atom stereocenters. The molecule has 3 heterocycles. The number of benzene rings is 1. The number of rotatable bonds is 5. The van der Waals surface area contributed by atoms with Crippen LogP contribution in [0.5, 0.6) is 0 Å². The maximum Gasteiger partial charge on any atom is 0.163 e. The highest BCUT2D eigenvalue weighted by atomic mass is 35.5. The van der Waals surface area contributed by atoms with Crippen LogP contribution in [0, 0.1) is 0 Å². The van der Waals surface area contributed by atoms with Gasteiger partial charge < -0.3 is 5.32 Å². The monoisotopic (exact) mass is 350 g/mol. The van der Waals surface area contributed by atoms with Crippen molar-refractivity contribution in [3.05, 3.63) is 77.5 Å². The van der Waals surface area contributed by atoms with Gasteiger partial charge in [-0.05, 0) is 23.3 Å². The Morgan fingerprint density at radius 1 is 1.04 bits per heavy atom. The highest BCUT2D eigenvalue weighted by molar-refractivity contribution is 6.31. The summed E-state index contributed by atoms with van der Waals surface area (Å²) in [6.45, 7) is 1.19. The number of fused-ring (bicyclic) bond motifs is 1. The van der Waals surface area contributed by atoms with Crippen LogP contribution in [0.4, 0.5) is 5.82 Å². The van der Waals surface area contributed by atoms with E-state index in [1.807, 2.05) is 47.3 Å². The number of anilines is 1. The molecule has 4 aromatic rings. The summed E-state index contributed by atoms with van der Waals surface area (Å²) in [5, 5.41) is 9.36. The molecule has 1 aromatic carbocycles. The molecular weight excluding hydrogens is 336 g/mol. The highest BCUT2D eigenvalue weighted by Gasteiger charge is 2.11. The minimum absolute atomic E-state index is 0.558. The van der Waals surface area contributed by atoms with E-state index in [-0.39, 0.29) is 0 Å². The molecule has 3 aromatic heterocycles. The smallest absolute Gasteiger partial charge is 0.163 e. The van der Waals surface area contributed by atoms with Gasteiger partial charge in [0.2, 0.25) is 0 Å². The number of halogens is 1. The van der Waals surface area contributed by atoms with Crippen molar-refractivity contribution < 1.29 is 0 Å². The van der Waals surface area contributed by atoms with Crippen molar-refractivity contribution in [2.75, 3.05) is 5.32 Å². The van der Waals surface area contributed by atoms with E-state index in [4.69, 9.17) is 11.6 Å². The van der Waals surface area contributed by atoms with Crippen molar-refractivity contribution in [2.45, 2.75) is 13.1 Å². The molecule has 124 valence electrons. The number of nitrogens with one attached hydrogen (secondary N) is 1. The van der Waals surface area contributed by atoms with E-state index in [0.29, 0.717) is 13.1 Å². The molecule has 0 fully saturated rings. The van der Waals surface area contributed by atoms with Gasteiger partial charge in [0.05, 0.1) is 18.1 Å². The van der Waals surface area contributed by atoms with Gasteiger partial charge in [-0.3, -0.25) is 4.98 Å². The molecule has 25 heavy (non-hydrogen) atoms. The third-order valence-corrected chi connectivity index (χ3v) is 4.26. The van der Waals surface area contributed by atoms with Crippen molar-refractivity contribution in [1.29, 1.82) is 0 Å². The minimum Gasteiger partial charge on any atom is -0.365 e. The zero-order valence-electron chi connectivity index (χ0n) is 13.3. The Balaban J connectivity index is 1.61. The fourth-order valence-corrected chi connectivity index (χ4v) is 2.82. The van der Waals surface area contributed by atoms with Crippen LogP contribution in [-0.4, -0.2) is 24.7 Å². The SMILES string of the molecule is Clc1ccccc1Cn1ncc2c(NCc3cccnc3)ncnc21. The lowest BCUT2D eigenvalue weighted by Gasteiger charge is -2.07. The molecule has 0 spiro atoms. The molecule has 4 rings (SSSR count). The first kappa shape index (κ1) is 15.5. The normalized spacial score (nSPS) is 10.9. The lowest BCUT2D eigenvalue weighted by atomic mass is 10.2. The second-order valence-electron chi connectivity index (χ2n) is 5.57. The topological polar surface area (TPSA) is 68.5 Å². The molecule has 0 atom stereocenters. The standard InChI is InChI=1S/C18H15ClN6/c19-16-6-2-1-5-14(16)11-25-18-15(10-24-25)17(22-12-23-18)21-9-13-4-3-7-20-8-13/h1-8,10,12H,9,11H2,(H,21,22,23). The van der Waals surface area contributed by atoms with Crippen LogP contribution in [0.3, 0.4) is 0 Å². The van der Waals surface area contributed by atoms with Gasteiger partial charge in [-0.2, -0.15) is 5.10 Å². The predicted molar refractivity (Wildman–Crippen MR) is 97.4 cm³/mol. The Kier molecular flexibility index (Phi) is 4.26. The number of nitrogens with zero attached hydrogens (tertiary/aromatic N) is 5. The number of aromatic nitrogens is 5. The van der Waals surface area contributed by atoms with Gasteiger partial charge in [0.25, 0.3) is 0 Å². The summed E-state index contributed by atoms with van der Waals surface area (Å²) < 4.78 is 1.83. The Morgan fingerprint density at radius 3 is 2.80 bits per heavy atom. The molecule has 0 aliphatic rings. The minimum atomic E-state index is 0.558. The molecule has 0 saturated carbocycles. The summed E-state index contributed by atoms with van der Waals surface area (Å²) in [7, 11) is 0. The molecule has 1 N–H and O–H groups in total. The van der Waals surface area contributed by atoms with Gasteiger partial charge in [-0.1, -0.05) is 35.9 Å². The maximum atomic E-state index is 6.25. The molecule has 6 nitrogen and oxygen atoms in total. The molecular formula is C18H15ClN6. The van der Waals surface area contributed by atoms with Gasteiger partial charge in [0.15, 0.2) is 5.65 Å². The fourth-order valence-electron chi connectivity index (χ4n) is 2.63. The predicted octanol–water partition coefficient (Wildman–Crippen LogP) is 3.54. The average molecular weight is 351 g/mol. The van der Waals surface area contributed by atoms with E-state index >= 15 is 0 Å². The lowest BCUT2D eigenvalue weighted by Crippen LogP contribution is -2.05. The first-order valence-corrected chi connectivity index (χ1v) is 8.22. The van der Waals surface area contributed by atoms with Gasteiger partial charge in [0.1, 0.15) is 12.1 Å². The Hall–Kier alpha value is -2.99. The summed E-state index contributed by atoms with van der Waals surface area (Å²) in [5.41, 5.74) is 2.85. The van der Waals surface area contributed by atoms with Crippen LogP contribution < -0.4 is 5.32 Å². The summed E-state index contributed by atoms with van der Waals surface area (Å²) in [5.74, 6) is 0.749. The van der Waals surface area contributed by atoms with Crippen molar-refractivity contribution >= 4 is 28.5 Å². The van der Waals surface area contributed by atoms with Gasteiger partial charge in [-0.25, -0.2) is 14.6 Å². The third kappa shape index (κ3) is 3.29. The summed E-state index contributed by atoms with van der Waals surface area (Å²) in [6.07, 6.45) is 6.90. The Bertz CT molecular complexity index is 999. The number of hydrogen-bond acceptors (Lipinski definition) is 5. The van der Waals surface area contributed by atoms with Crippen molar-refractivity contribution in [3.63, 3.8) is 0 Å². The van der Waals surface area contributed by atoms with Crippen LogP contribution in [0.2, 0.25) is 5.02 Å². The first-order chi connectivity index (χ1) is 12.3. The second kappa shape index (κ2) is 6.86. The van der Waals surface area contributed by atoms with E-state index < -0.39 is 0 Å². The summed E-state index contributed by atoms with van der Waals surface area (Å²) >= 11 is 6.25. The van der Waals surface area contributed by atoms with E-state index in [2.05, 4.69) is 25.4 Å². The largest absolute Gasteiger partial charge is 0.365 e. The van der Waals surface area contributed by atoms with Crippen molar-refractivity contribution in [2.24, 2.45) is 0 Å². The quantitative estimate of drug-likeness (QED) is 0.596.